The van der Waals surface area contributed by atoms with Crippen LogP contribution in [-0.4, -0.2) is 34.0 Å². The molecule has 6 rings (SSSR count). The molecule has 1 fully saturated rings. The van der Waals surface area contributed by atoms with Crippen LogP contribution in [0, 0.1) is 11.8 Å². The first kappa shape index (κ1) is 30.6. The van der Waals surface area contributed by atoms with Gasteiger partial charge in [0.25, 0.3) is 0 Å². The highest BCUT2D eigenvalue weighted by molar-refractivity contribution is 6.30. The van der Waals surface area contributed by atoms with Gasteiger partial charge in [-0.15, -0.1) is 0 Å². The Morgan fingerprint density at radius 1 is 1.14 bits per heavy atom. The first-order valence-corrected chi connectivity index (χ1v) is 16.5. The number of nitrogens with one attached hydrogen (secondary N) is 1. The lowest BCUT2D eigenvalue weighted by atomic mass is 9.59. The Balaban J connectivity index is 1.24. The third-order valence-electron chi connectivity index (χ3n) is 10.7. The highest BCUT2D eigenvalue weighted by Gasteiger charge is 2.54. The minimum absolute atomic E-state index is 0.0568. The number of pyridine rings is 1. The molecule has 0 aliphatic heterocycles. The van der Waals surface area contributed by atoms with E-state index in [1.54, 1.807) is 19.1 Å². The van der Waals surface area contributed by atoms with Crippen molar-refractivity contribution in [3.8, 4) is 5.75 Å². The minimum atomic E-state index is -1.08. The number of carbonyl (C=O) groups excluding carboxylic acids is 1. The number of anilines is 1. The van der Waals surface area contributed by atoms with Crippen molar-refractivity contribution < 1.29 is 19.4 Å². The summed E-state index contributed by atoms with van der Waals surface area (Å²) in [6.45, 7) is 6.77. The van der Waals surface area contributed by atoms with Crippen molar-refractivity contribution in [1.29, 1.82) is 0 Å². The highest BCUT2D eigenvalue weighted by atomic mass is 35.5. The number of aromatic nitrogens is 1. The fourth-order valence-corrected chi connectivity index (χ4v) is 8.51. The number of aliphatic carboxylic acids is 1. The van der Waals surface area contributed by atoms with Crippen LogP contribution in [0.5, 0.6) is 5.75 Å². The number of ether oxygens (including phenoxy) is 1. The molecule has 6 nitrogen and oxygen atoms in total. The number of benzene rings is 2. The second-order valence-electron chi connectivity index (χ2n) is 13.6. The fraction of sp³-hybridized carbons (Fsp3) is 0.486. The van der Waals surface area contributed by atoms with Crippen LogP contribution in [0.15, 0.2) is 54.7 Å². The Bertz CT molecular complexity index is 1560. The molecule has 1 saturated carbocycles. The van der Waals surface area contributed by atoms with Crippen LogP contribution in [0.4, 0.5) is 5.69 Å². The van der Waals surface area contributed by atoms with E-state index in [1.165, 1.54) is 35.2 Å². The second kappa shape index (κ2) is 12.2. The van der Waals surface area contributed by atoms with Gasteiger partial charge in [-0.25, -0.2) is 4.79 Å². The number of Topliss-reactive ketones (excluding diaryl/α,β-unsaturated/α-hetero) is 1. The van der Waals surface area contributed by atoms with Crippen LogP contribution in [0.1, 0.15) is 104 Å². The molecule has 7 heteroatoms. The Hall–Kier alpha value is -3.38. The molecular formula is C37H43ClN2O4. The van der Waals surface area contributed by atoms with Crippen molar-refractivity contribution in [1.82, 2.24) is 4.98 Å². The molecule has 0 amide bonds. The quantitative estimate of drug-likeness (QED) is 0.235. The maximum Gasteiger partial charge on any atom is 0.329 e. The van der Waals surface area contributed by atoms with E-state index in [-0.39, 0.29) is 11.2 Å². The van der Waals surface area contributed by atoms with Crippen molar-refractivity contribution in [2.75, 3.05) is 11.9 Å². The summed E-state index contributed by atoms with van der Waals surface area (Å²) in [5.74, 6) is 1.29. The molecule has 3 aromatic rings. The SMILES string of the molecule is CC(=O)c1ccc2c(c1)C1(CCC(Nc3cccc(Cl)c3)(C(=O)O)CC1)[C@@H](C[C@@H](C)COc1ccnc3c1[C@H](C)CCC3)C2. The Labute approximate surface area is 265 Å². The highest BCUT2D eigenvalue weighted by Crippen LogP contribution is 2.56. The molecule has 0 saturated heterocycles. The van der Waals surface area contributed by atoms with Gasteiger partial charge in [0.05, 0.1) is 6.61 Å². The number of hydrogen-bond donors (Lipinski definition) is 2. The smallest absolute Gasteiger partial charge is 0.329 e. The van der Waals surface area contributed by atoms with Gasteiger partial charge in [0, 0.05) is 33.7 Å². The maximum absolute atomic E-state index is 12.8. The first-order chi connectivity index (χ1) is 21.1. The molecule has 44 heavy (non-hydrogen) atoms. The summed E-state index contributed by atoms with van der Waals surface area (Å²) >= 11 is 6.23. The molecule has 1 heterocycles. The number of fused-ring (bicyclic) bond motifs is 3. The van der Waals surface area contributed by atoms with Crippen molar-refractivity contribution in [3.63, 3.8) is 0 Å². The predicted octanol–water partition coefficient (Wildman–Crippen LogP) is 8.40. The van der Waals surface area contributed by atoms with Gasteiger partial charge >= 0.3 is 5.97 Å². The summed E-state index contributed by atoms with van der Waals surface area (Å²) in [7, 11) is 0. The maximum atomic E-state index is 12.8. The Kier molecular flexibility index (Phi) is 8.49. The minimum Gasteiger partial charge on any atom is -0.493 e. The van der Waals surface area contributed by atoms with Crippen LogP contribution in [0.3, 0.4) is 0 Å². The summed E-state index contributed by atoms with van der Waals surface area (Å²) < 4.78 is 6.51. The van der Waals surface area contributed by atoms with Gasteiger partial charge in [0.2, 0.25) is 0 Å². The topological polar surface area (TPSA) is 88.5 Å². The normalized spacial score (nSPS) is 26.5. The van der Waals surface area contributed by atoms with Crippen molar-refractivity contribution in [2.24, 2.45) is 11.8 Å². The fourth-order valence-electron chi connectivity index (χ4n) is 8.32. The zero-order chi connectivity index (χ0) is 31.1. The van der Waals surface area contributed by atoms with Gasteiger partial charge in [0.15, 0.2) is 5.78 Å². The molecule has 2 N–H and O–H groups in total. The monoisotopic (exact) mass is 614 g/mol. The van der Waals surface area contributed by atoms with E-state index in [9.17, 15) is 14.7 Å². The molecule has 0 unspecified atom stereocenters. The molecule has 3 atom stereocenters. The summed E-state index contributed by atoms with van der Waals surface area (Å²) in [6, 6.07) is 15.5. The third-order valence-corrected chi connectivity index (χ3v) is 10.9. The Morgan fingerprint density at radius 3 is 2.66 bits per heavy atom. The van der Waals surface area contributed by atoms with Gasteiger partial charge in [-0.1, -0.05) is 43.6 Å². The number of ketones is 1. The number of hydrogen-bond acceptors (Lipinski definition) is 5. The zero-order valence-corrected chi connectivity index (χ0v) is 26.8. The van der Waals surface area contributed by atoms with Crippen LogP contribution in [0.2, 0.25) is 5.02 Å². The number of aryl methyl sites for hydroxylation is 1. The lowest BCUT2D eigenvalue weighted by Gasteiger charge is -2.47. The molecule has 3 aliphatic carbocycles. The first-order valence-electron chi connectivity index (χ1n) is 16.1. The van der Waals surface area contributed by atoms with Crippen LogP contribution < -0.4 is 10.1 Å². The number of carboxylic acids is 1. The van der Waals surface area contributed by atoms with Gasteiger partial charge in [-0.2, -0.15) is 0 Å². The van der Waals surface area contributed by atoms with Crippen LogP contribution in [0.25, 0.3) is 0 Å². The Morgan fingerprint density at radius 2 is 1.93 bits per heavy atom. The van der Waals surface area contributed by atoms with Crippen molar-refractivity contribution in [2.45, 2.75) is 95.4 Å². The average Bonchev–Trinajstić information content (AvgIpc) is 3.28. The summed E-state index contributed by atoms with van der Waals surface area (Å²) in [5, 5.41) is 14.4. The average molecular weight is 615 g/mol. The number of halogens is 1. The number of carbonyl (C=O) groups is 2. The molecular weight excluding hydrogens is 572 g/mol. The van der Waals surface area contributed by atoms with Gasteiger partial charge < -0.3 is 15.2 Å². The van der Waals surface area contributed by atoms with Crippen molar-refractivity contribution in [3.05, 3.63) is 87.7 Å². The van der Waals surface area contributed by atoms with Crippen molar-refractivity contribution >= 4 is 29.0 Å². The van der Waals surface area contributed by atoms with E-state index in [0.29, 0.717) is 42.2 Å². The largest absolute Gasteiger partial charge is 0.493 e. The number of nitrogens with zero attached hydrogens (tertiary/aromatic N) is 1. The number of rotatable bonds is 9. The summed E-state index contributed by atoms with van der Waals surface area (Å²) in [6.07, 6.45) is 9.57. The van der Waals surface area contributed by atoms with Gasteiger partial charge in [-0.3, -0.25) is 9.78 Å². The van der Waals surface area contributed by atoms with E-state index in [0.717, 1.165) is 49.1 Å². The van der Waals surface area contributed by atoms with Crippen LogP contribution >= 0.6 is 11.6 Å². The zero-order valence-electron chi connectivity index (χ0n) is 26.0. The predicted molar refractivity (Wildman–Crippen MR) is 174 cm³/mol. The molecule has 0 bridgehead atoms. The third kappa shape index (κ3) is 5.74. The van der Waals surface area contributed by atoms with E-state index in [4.69, 9.17) is 16.3 Å². The lowest BCUT2D eigenvalue weighted by molar-refractivity contribution is -0.144. The summed E-state index contributed by atoms with van der Waals surface area (Å²) in [4.78, 5) is 29.9. The molecule has 1 spiro atoms. The van der Waals surface area contributed by atoms with Crippen LogP contribution in [-0.2, 0) is 23.1 Å². The molecule has 1 aromatic heterocycles. The summed E-state index contributed by atoms with van der Waals surface area (Å²) in [5.41, 5.74) is 5.16. The van der Waals surface area contributed by atoms with E-state index in [1.807, 2.05) is 30.5 Å². The molecule has 232 valence electrons. The molecule has 2 aromatic carbocycles. The second-order valence-corrected chi connectivity index (χ2v) is 14.1. The van der Waals surface area contributed by atoms with E-state index < -0.39 is 11.5 Å². The lowest BCUT2D eigenvalue weighted by Crippen LogP contribution is -2.53. The number of carboxylic acid groups (broad SMARTS) is 1. The molecule has 3 aliphatic rings. The van der Waals surface area contributed by atoms with E-state index >= 15 is 0 Å². The van der Waals surface area contributed by atoms with Gasteiger partial charge in [0.1, 0.15) is 11.3 Å². The molecule has 0 radical (unpaired) electrons. The van der Waals surface area contributed by atoms with E-state index in [2.05, 4.69) is 36.3 Å². The standard InChI is InChI=1S/C37H43ClN2O4/c1-23(22-44-33-12-17-39-32-9-4-6-24(2)34(32)33)18-28-19-27-11-10-26(25(3)41)20-31(27)36(28)13-15-37(16-14-36,35(42)43)40-30-8-5-7-29(38)21-30/h5,7-8,10-12,17,20-21,23-24,28,40H,4,6,9,13-16,18-19,22H2,1-3H3,(H,42,43)/t23-,24-,28+,36?,37?/m1/s1. The van der Waals surface area contributed by atoms with Gasteiger partial charge in [-0.05, 0) is 129 Å².